The predicted molar refractivity (Wildman–Crippen MR) is 145 cm³/mol. The molecule has 208 valence electrons. The van der Waals surface area contributed by atoms with Crippen molar-refractivity contribution in [1.82, 2.24) is 14.9 Å². The summed E-state index contributed by atoms with van der Waals surface area (Å²) in [6, 6.07) is 10.5. The lowest BCUT2D eigenvalue weighted by Gasteiger charge is -2.14. The van der Waals surface area contributed by atoms with Crippen LogP contribution in [0.5, 0.6) is 0 Å². The van der Waals surface area contributed by atoms with Gasteiger partial charge in [-0.25, -0.2) is 22.7 Å². The molecule has 16 heteroatoms. The van der Waals surface area contributed by atoms with E-state index in [2.05, 4.69) is 31.9 Å². The van der Waals surface area contributed by atoms with Crippen molar-refractivity contribution >= 4 is 39.6 Å². The van der Waals surface area contributed by atoms with E-state index >= 15 is 0 Å². The summed E-state index contributed by atoms with van der Waals surface area (Å²) < 4.78 is 27.4. The number of sulfonamides is 1. The van der Waals surface area contributed by atoms with Crippen LogP contribution in [-0.2, 0) is 10.0 Å². The van der Waals surface area contributed by atoms with Crippen LogP contribution in [0.25, 0.3) is 0 Å². The van der Waals surface area contributed by atoms with Crippen LogP contribution in [0.3, 0.4) is 0 Å². The van der Waals surface area contributed by atoms with Gasteiger partial charge in [0.15, 0.2) is 5.96 Å². The molecule has 0 bridgehead atoms. The minimum absolute atomic E-state index is 0.00110. The fraction of sp³-hybridized carbons (Fsp3) is 0.167. The Morgan fingerprint density at radius 3 is 2.12 bits per heavy atom. The topological polar surface area (TPSA) is 246 Å². The van der Waals surface area contributed by atoms with E-state index in [0.29, 0.717) is 0 Å². The molecule has 0 heterocycles. The number of hydrogen-bond donors (Lipinski definition) is 6. The third-order valence-electron chi connectivity index (χ3n) is 4.89. The third kappa shape index (κ3) is 8.55. The number of carboxylic acid groups (broad SMARTS) is 2. The second-order valence-corrected chi connectivity index (χ2v) is 9.80. The molecule has 0 saturated carbocycles. The molecule has 0 aliphatic carbocycles. The number of nitriles is 2. The van der Waals surface area contributed by atoms with Crippen LogP contribution in [0.2, 0.25) is 0 Å². The maximum absolute atomic E-state index is 12.6. The van der Waals surface area contributed by atoms with Crippen molar-refractivity contribution in [2.45, 2.75) is 4.90 Å². The van der Waals surface area contributed by atoms with Gasteiger partial charge in [0.2, 0.25) is 16.0 Å². The molecular weight excluding hydrogens is 542 g/mol. The second-order valence-electron chi connectivity index (χ2n) is 8.04. The molecule has 0 atom stereocenters. The Kier molecular flexibility index (Phi) is 10.3. The maximum atomic E-state index is 12.6. The van der Waals surface area contributed by atoms with Gasteiger partial charge in [0, 0.05) is 32.9 Å². The van der Waals surface area contributed by atoms with E-state index < -0.39 is 22.0 Å². The highest BCUT2D eigenvalue weighted by Crippen LogP contribution is 2.17. The monoisotopic (exact) mass is 567 g/mol. The minimum Gasteiger partial charge on any atom is -0.478 e. The number of rotatable bonds is 10. The quantitative estimate of drug-likeness (QED) is 0.131. The Hall–Kier alpha value is -5.45. The first-order chi connectivity index (χ1) is 18.8. The van der Waals surface area contributed by atoms with Crippen molar-refractivity contribution in [1.29, 1.82) is 10.5 Å². The minimum atomic E-state index is -4.00. The molecule has 0 aromatic heterocycles. The fourth-order valence-electron chi connectivity index (χ4n) is 2.89. The van der Waals surface area contributed by atoms with Gasteiger partial charge in [-0.15, -0.1) is 0 Å². The molecule has 15 nitrogen and oxygen atoms in total. The molecule has 0 radical (unpaired) electrons. The number of hydrogen-bond acceptors (Lipinski definition) is 8. The van der Waals surface area contributed by atoms with E-state index in [1.165, 1.54) is 29.2 Å². The molecule has 2 aromatic rings. The molecule has 2 rings (SSSR count). The van der Waals surface area contributed by atoms with E-state index in [4.69, 9.17) is 16.3 Å². The van der Waals surface area contributed by atoms with Crippen molar-refractivity contribution in [3.63, 3.8) is 0 Å². The van der Waals surface area contributed by atoms with Gasteiger partial charge >= 0.3 is 11.9 Å². The first-order valence-electron chi connectivity index (χ1n) is 11.1. The Labute approximate surface area is 229 Å². The smallest absolute Gasteiger partial charge is 0.335 e. The normalized spacial score (nSPS) is 11.6. The first-order valence-corrected chi connectivity index (χ1v) is 12.6. The number of aromatic carboxylic acids is 2. The van der Waals surface area contributed by atoms with Gasteiger partial charge in [-0.1, -0.05) is 6.58 Å². The highest BCUT2D eigenvalue weighted by Gasteiger charge is 2.16. The molecule has 0 saturated heterocycles. The summed E-state index contributed by atoms with van der Waals surface area (Å²) in [5.74, 6) is -2.86. The summed E-state index contributed by atoms with van der Waals surface area (Å²) >= 11 is 0. The summed E-state index contributed by atoms with van der Waals surface area (Å²) in [5, 5.41) is 42.2. The third-order valence-corrected chi connectivity index (χ3v) is 6.35. The molecule has 2 aromatic carbocycles. The summed E-state index contributed by atoms with van der Waals surface area (Å²) in [6.07, 6.45) is 0. The zero-order valence-electron chi connectivity index (χ0n) is 21.3. The van der Waals surface area contributed by atoms with Crippen molar-refractivity contribution in [3.8, 4) is 12.1 Å². The van der Waals surface area contributed by atoms with E-state index in [1.54, 1.807) is 26.2 Å². The Morgan fingerprint density at radius 1 is 1.00 bits per heavy atom. The molecule has 7 N–H and O–H groups in total. The predicted octanol–water partition coefficient (Wildman–Crippen LogP) is 0.510. The number of carboxylic acids is 2. The first kappa shape index (κ1) is 30.8. The molecule has 0 aliphatic rings. The average molecular weight is 568 g/mol. The Bertz CT molecular complexity index is 1550. The zero-order chi connectivity index (χ0) is 30.0. The van der Waals surface area contributed by atoms with Crippen molar-refractivity contribution in [3.05, 3.63) is 71.1 Å². The second kappa shape index (κ2) is 13.4. The molecule has 0 amide bonds. The zero-order valence-corrected chi connectivity index (χ0v) is 22.2. The number of guanidine groups is 2. The largest absolute Gasteiger partial charge is 0.478 e. The lowest BCUT2D eigenvalue weighted by Crippen LogP contribution is -2.33. The van der Waals surface area contributed by atoms with E-state index in [1.807, 2.05) is 0 Å². The van der Waals surface area contributed by atoms with Crippen LogP contribution >= 0.6 is 0 Å². The van der Waals surface area contributed by atoms with Crippen LogP contribution in [0.15, 0.2) is 63.7 Å². The number of carbonyl (C=O) groups is 2. The lowest BCUT2D eigenvalue weighted by molar-refractivity contribution is 0.0696. The van der Waals surface area contributed by atoms with Gasteiger partial charge < -0.3 is 31.5 Å². The van der Waals surface area contributed by atoms with Crippen molar-refractivity contribution in [2.75, 3.05) is 32.5 Å². The summed E-state index contributed by atoms with van der Waals surface area (Å²) in [7, 11) is -0.780. The molecule has 0 unspecified atom stereocenters. The molecule has 0 aliphatic heterocycles. The van der Waals surface area contributed by atoms with Gasteiger partial charge in [-0.2, -0.15) is 20.5 Å². The number of nitrogens with one attached hydrogen (secondary N) is 3. The lowest BCUT2D eigenvalue weighted by atomic mass is 10.1. The molecule has 0 fully saturated rings. The standard InChI is InChI=1S/C24H25N9O6S/c1-14(28-6-7-29-40(38,39)20-5-4-15(12-25)18(11-20)13-26)30-24(32-23(27)33(2)3)31-19-9-16(21(34)35)8-17(10-19)22(36)37/h4-5,8-11,28-29H,1,6-7H2,2-3H3,(H,34,35)(H,36,37)(H3,27,30,31,32). The number of anilines is 1. The number of nitrogens with two attached hydrogens (primary N) is 1. The van der Waals surface area contributed by atoms with Crippen LogP contribution in [-0.4, -0.2) is 74.6 Å². The number of nitrogens with zero attached hydrogens (tertiary/aromatic N) is 5. The van der Waals surface area contributed by atoms with Crippen molar-refractivity contribution < 1.29 is 28.2 Å². The van der Waals surface area contributed by atoms with E-state index in [-0.39, 0.29) is 63.7 Å². The summed E-state index contributed by atoms with van der Waals surface area (Å²) in [4.78, 5) is 32.4. The molecular formula is C24H25N9O6S. The van der Waals surface area contributed by atoms with Gasteiger partial charge in [-0.3, -0.25) is 0 Å². The number of benzene rings is 2. The Balaban J connectivity index is 2.18. The molecule has 40 heavy (non-hydrogen) atoms. The van der Waals surface area contributed by atoms with Crippen LogP contribution < -0.4 is 21.1 Å². The molecule has 0 spiro atoms. The van der Waals surface area contributed by atoms with Crippen molar-refractivity contribution in [2.24, 2.45) is 15.7 Å². The summed E-state index contributed by atoms with van der Waals surface area (Å²) in [6.45, 7) is 3.62. The van der Waals surface area contributed by atoms with Gasteiger partial charge in [0.05, 0.1) is 27.1 Å². The SMILES string of the molecule is C=C(/N=C(\N=C(/N)N(C)C)Nc1cc(C(=O)O)cc(C(=O)O)c1)NCCNS(=O)(=O)c1ccc(C#N)c(C#N)c1. The van der Waals surface area contributed by atoms with Crippen LogP contribution in [0.4, 0.5) is 5.69 Å². The fourth-order valence-corrected chi connectivity index (χ4v) is 3.95. The summed E-state index contributed by atoms with van der Waals surface area (Å²) in [5.41, 5.74) is 5.31. The number of aliphatic imine (C=N–C) groups is 2. The Morgan fingerprint density at radius 2 is 1.60 bits per heavy atom. The van der Waals surface area contributed by atoms with Gasteiger partial charge in [0.1, 0.15) is 18.0 Å². The average Bonchev–Trinajstić information content (AvgIpc) is 2.90. The maximum Gasteiger partial charge on any atom is 0.335 e. The van der Waals surface area contributed by atoms with Gasteiger partial charge in [-0.05, 0) is 36.4 Å². The van der Waals surface area contributed by atoms with E-state index in [9.17, 15) is 28.2 Å². The highest BCUT2D eigenvalue weighted by atomic mass is 32.2. The highest BCUT2D eigenvalue weighted by molar-refractivity contribution is 7.89. The van der Waals surface area contributed by atoms with Gasteiger partial charge in [0.25, 0.3) is 0 Å². The van der Waals surface area contributed by atoms with E-state index in [0.717, 1.165) is 12.1 Å². The van der Waals surface area contributed by atoms with Crippen LogP contribution in [0, 0.1) is 22.7 Å². The van der Waals surface area contributed by atoms with Crippen LogP contribution in [0.1, 0.15) is 31.8 Å².